The Morgan fingerprint density at radius 2 is 2.18 bits per heavy atom. The van der Waals surface area contributed by atoms with Crippen LogP contribution in [0.1, 0.15) is 21.9 Å². The van der Waals surface area contributed by atoms with E-state index in [-0.39, 0.29) is 17.1 Å². The number of carbonyl (C=O) groups excluding carboxylic acids is 2. The lowest BCUT2D eigenvalue weighted by Crippen LogP contribution is -2.69. The van der Waals surface area contributed by atoms with Gasteiger partial charge in [0.2, 0.25) is 0 Å². The highest BCUT2D eigenvalue weighted by atomic mass is 32.2. The molecule has 0 spiro atoms. The van der Waals surface area contributed by atoms with Crippen LogP contribution in [0.25, 0.3) is 0 Å². The average Bonchev–Trinajstić information content (AvgIpc) is 2.59. The quantitative estimate of drug-likeness (QED) is 0.604. The first-order chi connectivity index (χ1) is 7.91. The van der Waals surface area contributed by atoms with Crippen molar-refractivity contribution in [2.24, 2.45) is 0 Å². The fraction of sp³-hybridized carbons (Fsp3) is 0.400. The van der Waals surface area contributed by atoms with Crippen LogP contribution < -0.4 is 15.9 Å². The fourth-order valence-electron chi connectivity index (χ4n) is 1.19. The molecule has 0 aromatic carbocycles. The summed E-state index contributed by atoms with van der Waals surface area (Å²) in [6, 6.07) is 0.589. The first kappa shape index (κ1) is 13.6. The first-order valence-electron chi connectivity index (χ1n) is 4.84. The molecule has 3 N–H and O–H groups in total. The molecule has 0 bridgehead atoms. The van der Waals surface area contributed by atoms with E-state index in [1.807, 2.05) is 0 Å². The van der Waals surface area contributed by atoms with Gasteiger partial charge in [0.1, 0.15) is 17.6 Å². The number of carboxylic acids is 2. The van der Waals surface area contributed by atoms with Gasteiger partial charge in [0.15, 0.2) is 0 Å². The molecule has 1 heterocycles. The molecule has 0 amide bonds. The van der Waals surface area contributed by atoms with Crippen LogP contribution in [0.5, 0.6) is 0 Å². The molecule has 6 nitrogen and oxygen atoms in total. The van der Waals surface area contributed by atoms with Gasteiger partial charge in [-0.05, 0) is 13.0 Å². The van der Waals surface area contributed by atoms with Crippen molar-refractivity contribution in [3.05, 3.63) is 23.2 Å². The number of rotatable bonds is 6. The van der Waals surface area contributed by atoms with E-state index in [2.05, 4.69) is 5.73 Å². The van der Waals surface area contributed by atoms with Gasteiger partial charge in [-0.15, -0.1) is 11.8 Å². The number of furan rings is 1. The Balaban J connectivity index is 2.50. The summed E-state index contributed by atoms with van der Waals surface area (Å²) in [7, 11) is 0. The van der Waals surface area contributed by atoms with Crippen molar-refractivity contribution in [2.75, 3.05) is 5.75 Å². The van der Waals surface area contributed by atoms with Crippen LogP contribution in [-0.2, 0) is 10.5 Å². The number of thioether (sulfide) groups is 1. The number of aryl methyl sites for hydroxylation is 1. The van der Waals surface area contributed by atoms with Crippen molar-refractivity contribution in [1.29, 1.82) is 0 Å². The lowest BCUT2D eigenvalue weighted by atomic mass is 10.2. The maximum atomic E-state index is 10.6. The molecule has 1 atom stereocenters. The van der Waals surface area contributed by atoms with Crippen LogP contribution in [0, 0.1) is 6.92 Å². The predicted octanol–water partition coefficient (Wildman–Crippen LogP) is -2.45. The number of carboxylic acid groups (broad SMARTS) is 2. The summed E-state index contributed by atoms with van der Waals surface area (Å²) < 4.78 is 5.19. The van der Waals surface area contributed by atoms with Crippen molar-refractivity contribution in [3.8, 4) is 0 Å². The molecule has 17 heavy (non-hydrogen) atoms. The van der Waals surface area contributed by atoms with Gasteiger partial charge in [-0.2, -0.15) is 0 Å². The summed E-state index contributed by atoms with van der Waals surface area (Å²) >= 11 is 1.29. The summed E-state index contributed by atoms with van der Waals surface area (Å²) in [5.41, 5.74) is 3.42. The van der Waals surface area contributed by atoms with Crippen molar-refractivity contribution in [3.63, 3.8) is 0 Å². The second-order valence-electron chi connectivity index (χ2n) is 3.50. The molecule has 7 heteroatoms. The van der Waals surface area contributed by atoms with Crippen molar-refractivity contribution < 1.29 is 30.0 Å². The molecular weight excluding hydrogens is 246 g/mol. The van der Waals surface area contributed by atoms with E-state index >= 15 is 0 Å². The van der Waals surface area contributed by atoms with Gasteiger partial charge in [0, 0.05) is 5.56 Å². The van der Waals surface area contributed by atoms with E-state index < -0.39 is 18.0 Å². The van der Waals surface area contributed by atoms with E-state index in [4.69, 9.17) is 4.42 Å². The molecule has 0 unspecified atom stereocenters. The number of aromatic carboxylic acids is 1. The number of quaternary nitrogens is 1. The van der Waals surface area contributed by atoms with Gasteiger partial charge >= 0.3 is 0 Å². The predicted molar refractivity (Wildman–Crippen MR) is 55.6 cm³/mol. The largest absolute Gasteiger partial charge is 0.545 e. The topological polar surface area (TPSA) is 121 Å². The van der Waals surface area contributed by atoms with Crippen LogP contribution in [0.4, 0.5) is 0 Å². The molecule has 1 aromatic heterocycles. The molecule has 94 valence electrons. The second-order valence-corrected chi connectivity index (χ2v) is 4.53. The van der Waals surface area contributed by atoms with Crippen molar-refractivity contribution >= 4 is 23.7 Å². The van der Waals surface area contributed by atoms with E-state index in [1.54, 1.807) is 0 Å². The standard InChI is InChI=1S/C10H13NO5S/c1-5-7(9(12)13)2-6(16-5)3-17-4-8(11)10(14)15/h2,8H,3-4,11H2,1H3,(H,12,13)(H,14,15)/p-1/t8-/m0/s1. The molecule has 0 aliphatic rings. The van der Waals surface area contributed by atoms with Crippen molar-refractivity contribution in [2.45, 2.75) is 18.7 Å². The van der Waals surface area contributed by atoms with Crippen LogP contribution in [0.15, 0.2) is 10.5 Å². The van der Waals surface area contributed by atoms with E-state index in [1.165, 1.54) is 24.8 Å². The highest BCUT2D eigenvalue weighted by Gasteiger charge is 2.11. The van der Waals surface area contributed by atoms with Crippen molar-refractivity contribution in [1.82, 2.24) is 0 Å². The minimum atomic E-state index is -1.28. The lowest BCUT2D eigenvalue weighted by Gasteiger charge is -2.07. The zero-order valence-electron chi connectivity index (χ0n) is 9.23. The summed E-state index contributed by atoms with van der Waals surface area (Å²) in [5.74, 6) is -1.07. The van der Waals surface area contributed by atoms with Gasteiger partial charge in [-0.3, -0.25) is 0 Å². The Morgan fingerprint density at radius 3 is 2.65 bits per heavy atom. The van der Waals surface area contributed by atoms with Gasteiger partial charge in [0.25, 0.3) is 0 Å². The van der Waals surface area contributed by atoms with Gasteiger partial charge in [0.05, 0.1) is 23.4 Å². The zero-order chi connectivity index (χ0) is 13.0. The summed E-state index contributed by atoms with van der Waals surface area (Å²) in [6.45, 7) is 1.53. The van der Waals surface area contributed by atoms with E-state index in [9.17, 15) is 19.8 Å². The first-order valence-corrected chi connectivity index (χ1v) is 5.99. The third kappa shape index (κ3) is 3.79. The molecule has 0 saturated heterocycles. The molecule has 1 aromatic rings. The monoisotopic (exact) mass is 258 g/mol. The Morgan fingerprint density at radius 1 is 1.53 bits per heavy atom. The molecule has 0 radical (unpaired) electrons. The third-order valence-electron chi connectivity index (χ3n) is 2.09. The van der Waals surface area contributed by atoms with Gasteiger partial charge < -0.3 is 30.0 Å². The maximum Gasteiger partial charge on any atom is 0.134 e. The molecule has 0 saturated carbocycles. The highest BCUT2D eigenvalue weighted by Crippen LogP contribution is 2.19. The highest BCUT2D eigenvalue weighted by molar-refractivity contribution is 7.98. The Labute approximate surface area is 102 Å². The molecule has 0 fully saturated rings. The molecular formula is C10H12NO5S-. The summed E-state index contributed by atoms with van der Waals surface area (Å²) in [5, 5.41) is 21.0. The van der Waals surface area contributed by atoms with Gasteiger partial charge in [-0.25, -0.2) is 0 Å². The zero-order valence-corrected chi connectivity index (χ0v) is 10.0. The minimum Gasteiger partial charge on any atom is -0.545 e. The summed E-state index contributed by atoms with van der Waals surface area (Å²) in [6.07, 6.45) is 0. The van der Waals surface area contributed by atoms with Gasteiger partial charge in [-0.1, -0.05) is 0 Å². The number of aliphatic carboxylic acids is 1. The minimum absolute atomic E-state index is 0.0201. The number of hydrogen-bond acceptors (Lipinski definition) is 6. The smallest absolute Gasteiger partial charge is 0.134 e. The maximum absolute atomic E-state index is 10.6. The molecule has 0 aliphatic heterocycles. The Kier molecular flexibility index (Phi) is 4.59. The average molecular weight is 258 g/mol. The lowest BCUT2D eigenvalue weighted by molar-refractivity contribution is -0.431. The molecule has 0 aliphatic carbocycles. The van der Waals surface area contributed by atoms with Crippen LogP contribution in [0.3, 0.4) is 0 Å². The van der Waals surface area contributed by atoms with Crippen LogP contribution in [0.2, 0.25) is 0 Å². The molecule has 1 rings (SSSR count). The third-order valence-corrected chi connectivity index (χ3v) is 3.21. The Bertz CT molecular complexity index is 428. The fourth-order valence-corrected chi connectivity index (χ4v) is 2.07. The number of hydrogen-bond donors (Lipinski definition) is 1. The Hall–Kier alpha value is -1.47. The van der Waals surface area contributed by atoms with Crippen LogP contribution >= 0.6 is 11.8 Å². The SMILES string of the molecule is Cc1oc(CSC[C@H]([NH3+])C(=O)[O-])cc1C(=O)[O-]. The van der Waals surface area contributed by atoms with Crippen LogP contribution in [-0.4, -0.2) is 23.7 Å². The van der Waals surface area contributed by atoms with E-state index in [0.717, 1.165) is 0 Å². The second kappa shape index (κ2) is 5.74. The summed E-state index contributed by atoms with van der Waals surface area (Å²) in [4.78, 5) is 21.0. The van der Waals surface area contributed by atoms with E-state index in [0.29, 0.717) is 11.5 Å². The number of carbonyl (C=O) groups is 2. The normalized spacial score (nSPS) is 12.4.